The van der Waals surface area contributed by atoms with Crippen LogP contribution in [-0.4, -0.2) is 14.8 Å². The molecule has 0 aliphatic rings. The molecular formula is C14H12NO3P. The average molecular weight is 273 g/mol. The lowest BCUT2D eigenvalue weighted by atomic mass is 10.0. The van der Waals surface area contributed by atoms with Crippen molar-refractivity contribution in [1.82, 2.24) is 4.98 Å². The number of nitrogens with zero attached hydrogens (tertiary/aromatic N) is 1. The minimum absolute atomic E-state index is 0.267. The number of rotatable bonds is 2. The van der Waals surface area contributed by atoms with E-state index in [1.807, 2.05) is 48.5 Å². The third-order valence-electron chi connectivity index (χ3n) is 3.06. The summed E-state index contributed by atoms with van der Waals surface area (Å²) in [5.41, 5.74) is 2.17. The molecule has 0 saturated heterocycles. The summed E-state index contributed by atoms with van der Waals surface area (Å²) in [4.78, 5) is 23.1. The van der Waals surface area contributed by atoms with E-state index >= 15 is 0 Å². The molecule has 2 aromatic carbocycles. The largest absolute Gasteiger partial charge is 0.329 e. The maximum Gasteiger partial charge on any atom is 0.329 e. The van der Waals surface area contributed by atoms with Crippen molar-refractivity contribution in [3.8, 4) is 0 Å². The van der Waals surface area contributed by atoms with E-state index in [1.165, 1.54) is 0 Å². The molecule has 4 nitrogen and oxygen atoms in total. The Labute approximate surface area is 109 Å². The van der Waals surface area contributed by atoms with Crippen LogP contribution >= 0.6 is 7.60 Å². The molecule has 1 heterocycles. The number of benzene rings is 2. The zero-order valence-electron chi connectivity index (χ0n) is 10.0. The van der Waals surface area contributed by atoms with Crippen molar-refractivity contribution >= 4 is 29.4 Å². The minimum Gasteiger partial charge on any atom is -0.324 e. The number of para-hydroxylation sites is 2. The highest BCUT2D eigenvalue weighted by Crippen LogP contribution is 2.42. The number of pyridine rings is 1. The van der Waals surface area contributed by atoms with E-state index in [-0.39, 0.29) is 6.16 Å². The third kappa shape index (κ3) is 2.38. The molecule has 3 rings (SSSR count). The molecule has 96 valence electrons. The quantitative estimate of drug-likeness (QED) is 0.556. The predicted octanol–water partition coefficient (Wildman–Crippen LogP) is 3.07. The molecule has 0 unspecified atom stereocenters. The first-order valence-corrected chi connectivity index (χ1v) is 7.65. The summed E-state index contributed by atoms with van der Waals surface area (Å²) < 4.78 is 11.4. The lowest BCUT2D eigenvalue weighted by Gasteiger charge is -2.11. The molecule has 0 radical (unpaired) electrons. The van der Waals surface area contributed by atoms with Gasteiger partial charge in [-0.3, -0.25) is 4.57 Å². The van der Waals surface area contributed by atoms with Crippen molar-refractivity contribution in [2.75, 3.05) is 0 Å². The maximum atomic E-state index is 11.4. The monoisotopic (exact) mass is 273 g/mol. The van der Waals surface area contributed by atoms with Crippen LogP contribution in [0.1, 0.15) is 5.56 Å². The van der Waals surface area contributed by atoms with Gasteiger partial charge in [-0.15, -0.1) is 0 Å². The van der Waals surface area contributed by atoms with Crippen LogP contribution in [0.15, 0.2) is 48.5 Å². The zero-order valence-corrected chi connectivity index (χ0v) is 10.9. The summed E-state index contributed by atoms with van der Waals surface area (Å²) in [7, 11) is -4.12. The second kappa shape index (κ2) is 4.42. The molecule has 0 bridgehead atoms. The van der Waals surface area contributed by atoms with Gasteiger partial charge in [0.2, 0.25) is 0 Å². The predicted molar refractivity (Wildman–Crippen MR) is 75.0 cm³/mol. The van der Waals surface area contributed by atoms with Crippen molar-refractivity contribution in [1.29, 1.82) is 0 Å². The Morgan fingerprint density at radius 3 is 1.84 bits per heavy atom. The van der Waals surface area contributed by atoms with Crippen LogP contribution in [0.5, 0.6) is 0 Å². The summed E-state index contributed by atoms with van der Waals surface area (Å²) in [6, 6.07) is 14.8. The molecule has 0 aliphatic heterocycles. The van der Waals surface area contributed by atoms with Gasteiger partial charge in [0.15, 0.2) is 0 Å². The van der Waals surface area contributed by atoms with Gasteiger partial charge in [0, 0.05) is 10.8 Å². The molecule has 19 heavy (non-hydrogen) atoms. The molecule has 0 fully saturated rings. The van der Waals surface area contributed by atoms with Crippen LogP contribution in [0, 0.1) is 0 Å². The van der Waals surface area contributed by atoms with E-state index in [9.17, 15) is 14.4 Å². The van der Waals surface area contributed by atoms with E-state index < -0.39 is 7.60 Å². The van der Waals surface area contributed by atoms with E-state index in [2.05, 4.69) is 4.98 Å². The molecule has 0 aliphatic carbocycles. The molecule has 2 N–H and O–H groups in total. The van der Waals surface area contributed by atoms with Crippen molar-refractivity contribution in [3.05, 3.63) is 54.1 Å². The van der Waals surface area contributed by atoms with Crippen molar-refractivity contribution in [2.24, 2.45) is 0 Å². The first-order valence-electron chi connectivity index (χ1n) is 5.85. The van der Waals surface area contributed by atoms with Gasteiger partial charge in [0.1, 0.15) is 0 Å². The highest BCUT2D eigenvalue weighted by Gasteiger charge is 2.18. The first-order chi connectivity index (χ1) is 9.04. The van der Waals surface area contributed by atoms with Gasteiger partial charge in [-0.05, 0) is 17.7 Å². The van der Waals surface area contributed by atoms with Crippen LogP contribution in [0.3, 0.4) is 0 Å². The molecular weight excluding hydrogens is 261 g/mol. The van der Waals surface area contributed by atoms with Crippen molar-refractivity contribution in [2.45, 2.75) is 6.16 Å². The second-order valence-electron chi connectivity index (χ2n) is 4.45. The first kappa shape index (κ1) is 12.3. The van der Waals surface area contributed by atoms with Crippen LogP contribution in [0.4, 0.5) is 0 Å². The van der Waals surface area contributed by atoms with Gasteiger partial charge in [0.25, 0.3) is 0 Å². The molecule has 3 aromatic rings. The van der Waals surface area contributed by atoms with Crippen LogP contribution in [-0.2, 0) is 10.7 Å². The molecule has 5 heteroatoms. The summed E-state index contributed by atoms with van der Waals surface area (Å²) in [6.45, 7) is 0. The Morgan fingerprint density at radius 2 is 1.37 bits per heavy atom. The van der Waals surface area contributed by atoms with E-state index in [4.69, 9.17) is 0 Å². The number of hydrogen-bond donors (Lipinski definition) is 2. The number of aromatic nitrogens is 1. The third-order valence-corrected chi connectivity index (χ3v) is 3.79. The van der Waals surface area contributed by atoms with Crippen molar-refractivity contribution in [3.63, 3.8) is 0 Å². The van der Waals surface area contributed by atoms with Gasteiger partial charge >= 0.3 is 7.60 Å². The maximum absolute atomic E-state index is 11.4. The Morgan fingerprint density at radius 1 is 0.895 bits per heavy atom. The summed E-state index contributed by atoms with van der Waals surface area (Å²) >= 11 is 0. The SMILES string of the molecule is O=P(O)(O)Cc1c2ccccc2nc2ccccc12. The fourth-order valence-corrected chi connectivity index (χ4v) is 3.06. The van der Waals surface area contributed by atoms with Gasteiger partial charge in [0.05, 0.1) is 17.2 Å². The van der Waals surface area contributed by atoms with E-state index in [0.717, 1.165) is 21.8 Å². The van der Waals surface area contributed by atoms with Gasteiger partial charge in [-0.2, -0.15) is 0 Å². The minimum atomic E-state index is -4.12. The average Bonchev–Trinajstić information content (AvgIpc) is 2.37. The Balaban J connectivity index is 2.43. The molecule has 0 atom stereocenters. The topological polar surface area (TPSA) is 70.4 Å². The standard InChI is InChI=1S/C14H12NO3P/c16-19(17,18)9-12-10-5-1-3-7-13(10)15-14-8-4-2-6-11(12)14/h1-8H,9H2,(H2,16,17,18). The highest BCUT2D eigenvalue weighted by atomic mass is 31.2. The molecule has 1 aromatic heterocycles. The van der Waals surface area contributed by atoms with Crippen molar-refractivity contribution < 1.29 is 14.4 Å². The number of hydrogen-bond acceptors (Lipinski definition) is 2. The zero-order chi connectivity index (χ0) is 13.5. The van der Waals surface area contributed by atoms with E-state index in [1.54, 1.807) is 0 Å². The smallest absolute Gasteiger partial charge is 0.324 e. The Kier molecular flexibility index (Phi) is 2.86. The lowest BCUT2D eigenvalue weighted by Crippen LogP contribution is -1.93. The highest BCUT2D eigenvalue weighted by molar-refractivity contribution is 7.50. The number of fused-ring (bicyclic) bond motifs is 2. The molecule has 0 spiro atoms. The Bertz CT molecular complexity index is 756. The second-order valence-corrected chi connectivity index (χ2v) is 6.09. The molecule has 0 amide bonds. The van der Waals surface area contributed by atoms with Gasteiger partial charge in [-0.25, -0.2) is 4.98 Å². The van der Waals surface area contributed by atoms with Crippen LogP contribution in [0.25, 0.3) is 21.8 Å². The van der Waals surface area contributed by atoms with Gasteiger partial charge < -0.3 is 9.79 Å². The Hall–Kier alpha value is -1.74. The van der Waals surface area contributed by atoms with Gasteiger partial charge in [-0.1, -0.05) is 36.4 Å². The fourth-order valence-electron chi connectivity index (χ4n) is 2.30. The van der Waals surface area contributed by atoms with E-state index in [0.29, 0.717) is 5.56 Å². The summed E-state index contributed by atoms with van der Waals surface area (Å²) in [5, 5.41) is 1.59. The van der Waals surface area contributed by atoms with Crippen LogP contribution in [0.2, 0.25) is 0 Å². The lowest BCUT2D eigenvalue weighted by molar-refractivity contribution is 0.372. The molecule has 0 saturated carbocycles. The normalized spacial score (nSPS) is 12.1. The fraction of sp³-hybridized carbons (Fsp3) is 0.0714. The summed E-state index contributed by atoms with van der Waals surface area (Å²) in [6.07, 6.45) is -0.267. The van der Waals surface area contributed by atoms with Crippen LogP contribution < -0.4 is 0 Å². The summed E-state index contributed by atoms with van der Waals surface area (Å²) in [5.74, 6) is 0.